The Morgan fingerprint density at radius 2 is 1.52 bits per heavy atom. The first-order chi connectivity index (χ1) is 10.4. The molecule has 4 aromatic rings. The minimum atomic E-state index is 1.07. The lowest BCUT2D eigenvalue weighted by molar-refractivity contribution is 0.970. The molecular weight excluding hydrogens is 254 g/mol. The first kappa shape index (κ1) is 12.2. The first-order valence-electron chi connectivity index (χ1n) is 7.43. The Morgan fingerprint density at radius 3 is 2.48 bits per heavy atom. The number of aryl methyl sites for hydroxylation is 2. The van der Waals surface area contributed by atoms with Gasteiger partial charge in [0, 0.05) is 17.1 Å². The van der Waals surface area contributed by atoms with Crippen molar-refractivity contribution in [1.82, 2.24) is 4.98 Å². The van der Waals surface area contributed by atoms with Crippen molar-refractivity contribution in [3.05, 3.63) is 84.1 Å². The lowest BCUT2D eigenvalue weighted by Gasteiger charge is -2.04. The van der Waals surface area contributed by atoms with Crippen LogP contribution >= 0.6 is 0 Å². The average molecular weight is 271 g/mol. The SMILES string of the molecule is c1ccc2cc(CCc3c[nH]c4ccccc34)ccc2c1. The molecule has 0 aliphatic rings. The van der Waals surface area contributed by atoms with E-state index in [0.29, 0.717) is 0 Å². The Labute approximate surface area is 124 Å². The molecule has 3 aromatic carbocycles. The van der Waals surface area contributed by atoms with E-state index in [1.54, 1.807) is 0 Å². The third-order valence-corrected chi connectivity index (χ3v) is 4.17. The standard InChI is InChI=1S/C20H17N/c1-2-6-17-13-15(9-11-16(17)5-1)10-12-18-14-21-20-8-4-3-7-19(18)20/h1-9,11,13-14,21H,10,12H2. The minimum Gasteiger partial charge on any atom is -0.361 e. The molecule has 4 rings (SSSR count). The summed E-state index contributed by atoms with van der Waals surface area (Å²) in [6, 6.07) is 23.8. The largest absolute Gasteiger partial charge is 0.361 e. The molecule has 0 atom stereocenters. The van der Waals surface area contributed by atoms with Crippen LogP contribution in [0.25, 0.3) is 21.7 Å². The van der Waals surface area contributed by atoms with Gasteiger partial charge >= 0.3 is 0 Å². The van der Waals surface area contributed by atoms with Crippen LogP contribution in [-0.2, 0) is 12.8 Å². The van der Waals surface area contributed by atoms with E-state index in [2.05, 4.69) is 77.9 Å². The summed E-state index contributed by atoms with van der Waals surface area (Å²) in [5, 5.41) is 3.99. The van der Waals surface area contributed by atoms with Crippen molar-refractivity contribution in [2.45, 2.75) is 12.8 Å². The van der Waals surface area contributed by atoms with Crippen molar-refractivity contribution in [3.8, 4) is 0 Å². The molecule has 0 saturated carbocycles. The van der Waals surface area contributed by atoms with Crippen LogP contribution < -0.4 is 0 Å². The van der Waals surface area contributed by atoms with Crippen molar-refractivity contribution < 1.29 is 0 Å². The Hall–Kier alpha value is -2.54. The monoisotopic (exact) mass is 271 g/mol. The van der Waals surface area contributed by atoms with Gasteiger partial charge in [0.15, 0.2) is 0 Å². The van der Waals surface area contributed by atoms with Crippen molar-refractivity contribution in [1.29, 1.82) is 0 Å². The average Bonchev–Trinajstić information content (AvgIpc) is 2.96. The molecule has 1 N–H and O–H groups in total. The zero-order valence-electron chi connectivity index (χ0n) is 11.8. The van der Waals surface area contributed by atoms with Crippen molar-refractivity contribution in [2.75, 3.05) is 0 Å². The number of hydrogen-bond acceptors (Lipinski definition) is 0. The van der Waals surface area contributed by atoms with E-state index in [1.165, 1.54) is 32.8 Å². The lowest BCUT2D eigenvalue weighted by Crippen LogP contribution is -1.90. The number of H-pyrrole nitrogens is 1. The summed E-state index contributed by atoms with van der Waals surface area (Å²) in [4.78, 5) is 3.35. The van der Waals surface area contributed by atoms with Gasteiger partial charge in [0.2, 0.25) is 0 Å². The van der Waals surface area contributed by atoms with Gasteiger partial charge in [-0.1, -0.05) is 60.7 Å². The fourth-order valence-corrected chi connectivity index (χ4v) is 3.01. The number of rotatable bonds is 3. The number of aromatic amines is 1. The van der Waals surface area contributed by atoms with Gasteiger partial charge in [0.25, 0.3) is 0 Å². The van der Waals surface area contributed by atoms with Gasteiger partial charge < -0.3 is 4.98 Å². The normalized spacial score (nSPS) is 11.2. The third kappa shape index (κ3) is 2.31. The zero-order chi connectivity index (χ0) is 14.1. The van der Waals surface area contributed by atoms with Crippen LogP contribution in [0.3, 0.4) is 0 Å². The predicted octanol–water partition coefficient (Wildman–Crippen LogP) is 5.11. The van der Waals surface area contributed by atoms with Crippen LogP contribution in [-0.4, -0.2) is 4.98 Å². The number of fused-ring (bicyclic) bond motifs is 2. The summed E-state index contributed by atoms with van der Waals surface area (Å²) in [7, 11) is 0. The molecular formula is C20H17N. The van der Waals surface area contributed by atoms with Gasteiger partial charge in [0.05, 0.1) is 0 Å². The third-order valence-electron chi connectivity index (χ3n) is 4.17. The molecule has 0 aliphatic heterocycles. The second-order valence-electron chi connectivity index (χ2n) is 5.54. The highest BCUT2D eigenvalue weighted by Gasteiger charge is 2.03. The number of para-hydroxylation sites is 1. The number of hydrogen-bond donors (Lipinski definition) is 1. The summed E-state index contributed by atoms with van der Waals surface area (Å²) in [6.45, 7) is 0. The van der Waals surface area contributed by atoms with Crippen LogP contribution in [0.2, 0.25) is 0 Å². The summed E-state index contributed by atoms with van der Waals surface area (Å²) in [5.41, 5.74) is 4.03. The van der Waals surface area contributed by atoms with Crippen molar-refractivity contribution in [2.24, 2.45) is 0 Å². The zero-order valence-corrected chi connectivity index (χ0v) is 11.8. The van der Waals surface area contributed by atoms with Crippen LogP contribution in [0.5, 0.6) is 0 Å². The molecule has 0 bridgehead atoms. The number of benzene rings is 3. The lowest BCUT2D eigenvalue weighted by atomic mass is 10.0. The second kappa shape index (κ2) is 5.10. The Balaban J connectivity index is 1.60. The predicted molar refractivity (Wildman–Crippen MR) is 89.7 cm³/mol. The Kier molecular flexibility index (Phi) is 2.97. The molecule has 1 nitrogen and oxygen atoms in total. The van der Waals surface area contributed by atoms with E-state index >= 15 is 0 Å². The highest BCUT2D eigenvalue weighted by Crippen LogP contribution is 2.21. The van der Waals surface area contributed by atoms with Gasteiger partial charge in [-0.15, -0.1) is 0 Å². The van der Waals surface area contributed by atoms with E-state index in [9.17, 15) is 0 Å². The molecule has 0 radical (unpaired) electrons. The van der Waals surface area contributed by atoms with Gasteiger partial charge in [-0.3, -0.25) is 0 Å². The smallest absolute Gasteiger partial charge is 0.0456 e. The van der Waals surface area contributed by atoms with Crippen molar-refractivity contribution in [3.63, 3.8) is 0 Å². The van der Waals surface area contributed by atoms with E-state index in [4.69, 9.17) is 0 Å². The minimum absolute atomic E-state index is 1.07. The summed E-state index contributed by atoms with van der Waals surface area (Å²) >= 11 is 0. The van der Waals surface area contributed by atoms with Crippen LogP contribution in [0.4, 0.5) is 0 Å². The molecule has 0 fully saturated rings. The quantitative estimate of drug-likeness (QED) is 0.533. The van der Waals surface area contributed by atoms with E-state index in [0.717, 1.165) is 12.8 Å². The number of aromatic nitrogens is 1. The molecule has 0 saturated heterocycles. The van der Waals surface area contributed by atoms with Gasteiger partial charge in [-0.25, -0.2) is 0 Å². The molecule has 0 amide bonds. The molecule has 1 heterocycles. The highest BCUT2D eigenvalue weighted by atomic mass is 14.7. The molecule has 0 unspecified atom stereocenters. The first-order valence-corrected chi connectivity index (χ1v) is 7.43. The number of nitrogens with one attached hydrogen (secondary N) is 1. The Morgan fingerprint density at radius 1 is 0.714 bits per heavy atom. The molecule has 0 spiro atoms. The fraction of sp³-hybridized carbons (Fsp3) is 0.100. The van der Waals surface area contributed by atoms with Gasteiger partial charge in [0.1, 0.15) is 0 Å². The molecule has 21 heavy (non-hydrogen) atoms. The van der Waals surface area contributed by atoms with Gasteiger partial charge in [-0.05, 0) is 40.8 Å². The van der Waals surface area contributed by atoms with Crippen LogP contribution in [0, 0.1) is 0 Å². The van der Waals surface area contributed by atoms with Crippen LogP contribution in [0.15, 0.2) is 72.9 Å². The second-order valence-corrected chi connectivity index (χ2v) is 5.54. The maximum Gasteiger partial charge on any atom is 0.0456 e. The Bertz CT molecular complexity index is 902. The summed E-state index contributed by atoms with van der Waals surface area (Å²) < 4.78 is 0. The molecule has 0 aliphatic carbocycles. The van der Waals surface area contributed by atoms with E-state index in [-0.39, 0.29) is 0 Å². The molecule has 1 heteroatoms. The van der Waals surface area contributed by atoms with E-state index in [1.807, 2.05) is 0 Å². The fourth-order valence-electron chi connectivity index (χ4n) is 3.01. The van der Waals surface area contributed by atoms with Gasteiger partial charge in [-0.2, -0.15) is 0 Å². The van der Waals surface area contributed by atoms with E-state index < -0.39 is 0 Å². The highest BCUT2D eigenvalue weighted by molar-refractivity contribution is 5.84. The molecule has 102 valence electrons. The maximum atomic E-state index is 3.35. The summed E-state index contributed by atoms with van der Waals surface area (Å²) in [5.74, 6) is 0. The summed E-state index contributed by atoms with van der Waals surface area (Å²) in [6.07, 6.45) is 4.29. The van der Waals surface area contributed by atoms with Crippen molar-refractivity contribution >= 4 is 21.7 Å². The van der Waals surface area contributed by atoms with Crippen LogP contribution in [0.1, 0.15) is 11.1 Å². The topological polar surface area (TPSA) is 15.8 Å². The molecule has 1 aromatic heterocycles. The maximum absolute atomic E-state index is 3.35.